The van der Waals surface area contributed by atoms with Crippen LogP contribution in [0.2, 0.25) is 0 Å². The Labute approximate surface area is 101 Å². The van der Waals surface area contributed by atoms with Crippen LogP contribution in [0.4, 0.5) is 4.79 Å². The summed E-state index contributed by atoms with van der Waals surface area (Å²) in [4.78, 5) is 8.56. The molecule has 9 heavy (non-hydrogen) atoms. The monoisotopic (exact) mass is 180 g/mol. The van der Waals surface area contributed by atoms with Gasteiger partial charge in [0.25, 0.3) is 0 Å². The molecule has 5 nitrogen and oxygen atoms in total. The van der Waals surface area contributed by atoms with E-state index in [9.17, 15) is 0 Å². The van der Waals surface area contributed by atoms with E-state index in [1.54, 1.807) is 0 Å². The van der Waals surface area contributed by atoms with Gasteiger partial charge in [0.1, 0.15) is 0 Å². The van der Waals surface area contributed by atoms with Crippen molar-refractivity contribution < 1.29 is 31.7 Å². The van der Waals surface area contributed by atoms with Gasteiger partial charge in [-0.15, -0.1) is 0 Å². The van der Waals surface area contributed by atoms with Crippen molar-refractivity contribution in [2.45, 2.75) is 0 Å². The molecular weight excluding hydrogens is 168 g/mol. The van der Waals surface area contributed by atoms with Crippen LogP contribution in [0, 0.1) is 0 Å². The summed E-state index contributed by atoms with van der Waals surface area (Å²) in [6.07, 6.45) is -1.83. The van der Waals surface area contributed by atoms with Gasteiger partial charge in [-0.05, 0) is 0 Å². The number of hydrogen-bond donors (Lipinski definition) is 2. The molecule has 0 spiro atoms. The summed E-state index contributed by atoms with van der Waals surface area (Å²) in [7, 11) is 0. The summed E-state index contributed by atoms with van der Waals surface area (Å²) in [5.74, 6) is 0. The van der Waals surface area contributed by atoms with Crippen molar-refractivity contribution in [3.8, 4) is 0 Å². The molecule has 0 aliphatic rings. The van der Waals surface area contributed by atoms with Crippen LogP contribution in [-0.4, -0.2) is 90.8 Å². The SMILES string of the molecule is O.O.O=C(O)O.[AlH3].[H-].[H-].[H-].[H-].[Mg+2].[Mg+2]. The fraction of sp³-hybridized carbons (Fsp3) is 0. The second-order valence-electron chi connectivity index (χ2n) is 0.283. The minimum Gasteiger partial charge on any atom is -1.00 e. The molecule has 0 aliphatic carbocycles. The van der Waals surface area contributed by atoms with E-state index in [-0.39, 0.29) is 80.1 Å². The molecule has 0 atom stereocenters. The molecule has 0 aromatic rings. The second-order valence-corrected chi connectivity index (χ2v) is 0.283. The van der Waals surface area contributed by atoms with Crippen LogP contribution < -0.4 is 0 Å². The Morgan fingerprint density at radius 2 is 1.11 bits per heavy atom. The molecule has 0 aromatic carbocycles. The van der Waals surface area contributed by atoms with Gasteiger partial charge in [-0.25, -0.2) is 4.79 Å². The fourth-order valence-electron chi connectivity index (χ4n) is 0. The van der Waals surface area contributed by atoms with Gasteiger partial charge >= 0.3 is 52.3 Å². The van der Waals surface area contributed by atoms with Crippen LogP contribution in [-0.2, 0) is 0 Å². The second kappa shape index (κ2) is 34.8. The van der Waals surface area contributed by atoms with E-state index in [1.165, 1.54) is 0 Å². The van der Waals surface area contributed by atoms with Gasteiger partial charge in [-0.2, -0.15) is 0 Å². The van der Waals surface area contributed by atoms with Gasteiger partial charge in [-0.1, -0.05) is 0 Å². The Bertz CT molecular complexity index is 49.5. The van der Waals surface area contributed by atoms with Gasteiger partial charge in [0.05, 0.1) is 0 Å². The van der Waals surface area contributed by atoms with E-state index in [0.29, 0.717) is 0 Å². The van der Waals surface area contributed by atoms with Crippen LogP contribution in [0.1, 0.15) is 5.71 Å². The van der Waals surface area contributed by atoms with Gasteiger partial charge in [0.2, 0.25) is 0 Å². The van der Waals surface area contributed by atoms with Gasteiger partial charge < -0.3 is 26.9 Å². The van der Waals surface area contributed by atoms with Crippen molar-refractivity contribution in [3.63, 3.8) is 0 Å². The zero-order chi connectivity index (χ0) is 3.58. The first-order chi connectivity index (χ1) is 1.73. The molecule has 0 heterocycles. The predicted molar refractivity (Wildman–Crippen MR) is 43.8 cm³/mol. The third-order valence-corrected chi connectivity index (χ3v) is 0. The first kappa shape index (κ1) is 48.5. The molecule has 0 saturated heterocycles. The van der Waals surface area contributed by atoms with Crippen LogP contribution in [0.25, 0.3) is 0 Å². The van der Waals surface area contributed by atoms with E-state index in [0.717, 1.165) is 0 Å². The summed E-state index contributed by atoms with van der Waals surface area (Å²) < 4.78 is 0. The minimum absolute atomic E-state index is 0. The molecular formula is CH13AlMg2O5. The topological polar surface area (TPSA) is 121 Å². The van der Waals surface area contributed by atoms with Crippen LogP contribution in [0.5, 0.6) is 0 Å². The third kappa shape index (κ3) is 309. The van der Waals surface area contributed by atoms with Crippen molar-refractivity contribution in [2.75, 3.05) is 0 Å². The number of carboxylic acid groups (broad SMARTS) is 2. The Morgan fingerprint density at radius 1 is 1.11 bits per heavy atom. The number of carbonyl (C=O) groups is 1. The van der Waals surface area contributed by atoms with Gasteiger partial charge in [0.15, 0.2) is 17.4 Å². The Kier molecular flexibility index (Phi) is 188. The van der Waals surface area contributed by atoms with Crippen molar-refractivity contribution in [1.82, 2.24) is 0 Å². The van der Waals surface area contributed by atoms with Gasteiger partial charge in [0, 0.05) is 0 Å². The summed E-state index contributed by atoms with van der Waals surface area (Å²) in [6.45, 7) is 0. The molecule has 0 rings (SSSR count). The van der Waals surface area contributed by atoms with Crippen molar-refractivity contribution in [2.24, 2.45) is 0 Å². The maximum absolute atomic E-state index is 8.56. The number of rotatable bonds is 0. The summed E-state index contributed by atoms with van der Waals surface area (Å²) in [5.41, 5.74) is 0. The van der Waals surface area contributed by atoms with E-state index in [1.807, 2.05) is 0 Å². The molecule has 0 amide bonds. The standard InChI is InChI=1S/CH2O3.Al.2Mg.2H2O.7H/c2-1(3)4;;;;;;;;;;;;/h(H2,2,3,4);;;;2*1H2;;;;;;;/q;;2*+2;;;;;;4*-1. The largest absolute Gasteiger partial charge is 2.00 e. The fourth-order valence-corrected chi connectivity index (χ4v) is 0. The van der Waals surface area contributed by atoms with E-state index >= 15 is 0 Å². The summed E-state index contributed by atoms with van der Waals surface area (Å²) >= 11 is 0. The predicted octanol–water partition coefficient (Wildman–Crippen LogP) is -2.92. The first-order valence-corrected chi connectivity index (χ1v) is 0.651. The molecule has 54 valence electrons. The zero-order valence-electron chi connectivity index (χ0n) is 8.22. The average Bonchev–Trinajstić information content (AvgIpc) is 0.811. The van der Waals surface area contributed by atoms with Crippen molar-refractivity contribution in [1.29, 1.82) is 0 Å². The smallest absolute Gasteiger partial charge is 1.00 e. The molecule has 0 unspecified atom stereocenters. The maximum atomic E-state index is 8.56. The first-order valence-electron chi connectivity index (χ1n) is 0.651. The van der Waals surface area contributed by atoms with Crippen LogP contribution >= 0.6 is 0 Å². The Balaban J connectivity index is -0.00000000125. The van der Waals surface area contributed by atoms with Crippen molar-refractivity contribution >= 4 is 69.6 Å². The quantitative estimate of drug-likeness (QED) is 0.389. The number of hydrogen-bond acceptors (Lipinski definition) is 1. The van der Waals surface area contributed by atoms with Crippen LogP contribution in [0.3, 0.4) is 0 Å². The van der Waals surface area contributed by atoms with E-state index < -0.39 is 6.16 Å². The Morgan fingerprint density at radius 3 is 1.11 bits per heavy atom. The molecule has 0 radical (unpaired) electrons. The van der Waals surface area contributed by atoms with Crippen molar-refractivity contribution in [3.05, 3.63) is 0 Å². The van der Waals surface area contributed by atoms with Gasteiger partial charge in [-0.3, -0.25) is 0 Å². The molecule has 6 N–H and O–H groups in total. The molecule has 0 aliphatic heterocycles. The molecule has 0 aromatic heterocycles. The zero-order valence-corrected chi connectivity index (χ0v) is 7.05. The molecule has 0 bridgehead atoms. The normalized spacial score (nSPS) is 2.67. The molecule has 8 heteroatoms. The maximum Gasteiger partial charge on any atom is 2.00 e. The van der Waals surface area contributed by atoms with Crippen LogP contribution in [0.15, 0.2) is 0 Å². The third-order valence-electron chi connectivity index (χ3n) is 0. The average molecular weight is 181 g/mol. The van der Waals surface area contributed by atoms with E-state index in [2.05, 4.69) is 0 Å². The summed E-state index contributed by atoms with van der Waals surface area (Å²) in [6, 6.07) is 0. The summed E-state index contributed by atoms with van der Waals surface area (Å²) in [5, 5.41) is 13.9. The molecule has 0 fully saturated rings. The van der Waals surface area contributed by atoms with E-state index in [4.69, 9.17) is 15.0 Å². The molecule has 0 saturated carbocycles. The Hall–Kier alpha value is 1.25. The minimum atomic E-state index is -1.83.